The van der Waals surface area contributed by atoms with Crippen LogP contribution in [-0.4, -0.2) is 48.9 Å². The van der Waals surface area contributed by atoms with Gasteiger partial charge in [0, 0.05) is 12.1 Å². The maximum Gasteiger partial charge on any atom is 0.338 e. The highest BCUT2D eigenvalue weighted by molar-refractivity contribution is 7.91. The zero-order valence-electron chi connectivity index (χ0n) is 12.9. The van der Waals surface area contributed by atoms with Gasteiger partial charge in [-0.2, -0.15) is 0 Å². The van der Waals surface area contributed by atoms with Crippen molar-refractivity contribution in [2.45, 2.75) is 18.9 Å². The molecule has 0 bridgehead atoms. The molecule has 1 aromatic carbocycles. The first-order valence-electron chi connectivity index (χ1n) is 7.03. The van der Waals surface area contributed by atoms with Gasteiger partial charge in [-0.05, 0) is 19.4 Å². The van der Waals surface area contributed by atoms with Crippen molar-refractivity contribution in [1.82, 2.24) is 5.32 Å². The number of esters is 1. The molecule has 1 N–H and O–H groups in total. The van der Waals surface area contributed by atoms with Crippen molar-refractivity contribution in [3.63, 3.8) is 0 Å². The van der Waals surface area contributed by atoms with Gasteiger partial charge in [0.1, 0.15) is 0 Å². The van der Waals surface area contributed by atoms with E-state index in [1.54, 1.807) is 6.92 Å². The molecule has 0 unspecified atom stereocenters. The number of nitro groups is 1. The van der Waals surface area contributed by atoms with E-state index in [0.29, 0.717) is 6.42 Å². The third-order valence-corrected chi connectivity index (χ3v) is 5.47. The fourth-order valence-electron chi connectivity index (χ4n) is 2.44. The summed E-state index contributed by atoms with van der Waals surface area (Å²) < 4.78 is 27.8. The van der Waals surface area contributed by atoms with E-state index in [-0.39, 0.29) is 22.8 Å². The third-order valence-electron chi connectivity index (χ3n) is 3.57. The summed E-state index contributed by atoms with van der Waals surface area (Å²) in [6.45, 7) is 1.01. The number of carbonyl (C=O) groups is 2. The molecule has 1 aliphatic rings. The van der Waals surface area contributed by atoms with Crippen LogP contribution in [0.3, 0.4) is 0 Å². The number of nitrogens with zero attached hydrogens (tertiary/aromatic N) is 1. The minimum absolute atomic E-state index is 0.00273. The highest BCUT2D eigenvalue weighted by Gasteiger charge is 2.39. The molecule has 1 aromatic rings. The van der Waals surface area contributed by atoms with Crippen molar-refractivity contribution in [3.05, 3.63) is 39.9 Å². The molecule has 2 rings (SSSR count). The summed E-state index contributed by atoms with van der Waals surface area (Å²) in [6, 6.07) is 4.94. The molecule has 10 heteroatoms. The predicted octanol–water partition coefficient (Wildman–Crippen LogP) is 0.445. The number of nitrogens with one attached hydrogen (secondary N) is 1. The molecule has 1 aliphatic heterocycles. The van der Waals surface area contributed by atoms with Gasteiger partial charge < -0.3 is 10.1 Å². The lowest BCUT2D eigenvalue weighted by atomic mass is 10.0. The van der Waals surface area contributed by atoms with Crippen LogP contribution in [0.15, 0.2) is 24.3 Å². The Hall–Kier alpha value is -2.49. The van der Waals surface area contributed by atoms with E-state index in [9.17, 15) is 28.1 Å². The second-order valence-electron chi connectivity index (χ2n) is 5.83. The molecule has 1 amide bonds. The van der Waals surface area contributed by atoms with Gasteiger partial charge in [-0.1, -0.05) is 6.07 Å². The van der Waals surface area contributed by atoms with Crippen LogP contribution in [0.2, 0.25) is 0 Å². The van der Waals surface area contributed by atoms with Gasteiger partial charge >= 0.3 is 5.97 Å². The van der Waals surface area contributed by atoms with Crippen LogP contribution in [-0.2, 0) is 19.4 Å². The van der Waals surface area contributed by atoms with Crippen LogP contribution in [0.4, 0.5) is 5.69 Å². The normalized spacial score (nSPS) is 21.9. The van der Waals surface area contributed by atoms with E-state index in [2.05, 4.69) is 5.32 Å². The Kier molecular flexibility index (Phi) is 4.88. The standard InChI is InChI=1S/C14H16N2O7S/c1-14(5-6-24(21,22)9-14)15-12(17)8-23-13(18)10-3-2-4-11(7-10)16(19)20/h2-4,7H,5-6,8-9H2,1H3,(H,15,17)/t14-/m1/s1. The van der Waals surface area contributed by atoms with Crippen molar-refractivity contribution >= 4 is 27.4 Å². The zero-order chi connectivity index (χ0) is 18.0. The summed E-state index contributed by atoms with van der Waals surface area (Å²) in [5, 5.41) is 13.2. The molecule has 24 heavy (non-hydrogen) atoms. The van der Waals surface area contributed by atoms with Gasteiger partial charge in [-0.15, -0.1) is 0 Å². The first-order valence-corrected chi connectivity index (χ1v) is 8.85. The first kappa shape index (κ1) is 17.9. The van der Waals surface area contributed by atoms with Crippen molar-refractivity contribution in [3.8, 4) is 0 Å². The summed E-state index contributed by atoms with van der Waals surface area (Å²) in [7, 11) is -3.17. The lowest BCUT2D eigenvalue weighted by Gasteiger charge is -2.23. The topological polar surface area (TPSA) is 133 Å². The molecule has 9 nitrogen and oxygen atoms in total. The van der Waals surface area contributed by atoms with E-state index >= 15 is 0 Å². The van der Waals surface area contributed by atoms with Gasteiger partial charge in [-0.25, -0.2) is 13.2 Å². The average molecular weight is 356 g/mol. The number of ether oxygens (including phenoxy) is 1. The summed E-state index contributed by atoms with van der Waals surface area (Å²) in [6.07, 6.45) is 0.292. The van der Waals surface area contributed by atoms with Crippen LogP contribution in [0.25, 0.3) is 0 Å². The van der Waals surface area contributed by atoms with E-state index in [1.807, 2.05) is 0 Å². The van der Waals surface area contributed by atoms with Gasteiger partial charge in [-0.3, -0.25) is 14.9 Å². The fourth-order valence-corrected chi connectivity index (χ4v) is 4.54. The van der Waals surface area contributed by atoms with Crippen LogP contribution >= 0.6 is 0 Å². The number of nitro benzene ring substituents is 1. The Morgan fingerprint density at radius 3 is 2.71 bits per heavy atom. The summed E-state index contributed by atoms with van der Waals surface area (Å²) in [5.74, 6) is -1.67. The summed E-state index contributed by atoms with van der Waals surface area (Å²) in [5.41, 5.74) is -1.20. The van der Waals surface area contributed by atoms with Gasteiger partial charge in [0.05, 0.1) is 27.5 Å². The monoisotopic (exact) mass is 356 g/mol. The van der Waals surface area contributed by atoms with E-state index < -0.39 is 38.8 Å². The quantitative estimate of drug-likeness (QED) is 0.460. The smallest absolute Gasteiger partial charge is 0.338 e. The molecular weight excluding hydrogens is 340 g/mol. The molecule has 0 saturated carbocycles. The van der Waals surface area contributed by atoms with E-state index in [1.165, 1.54) is 18.2 Å². The summed E-state index contributed by atoms with van der Waals surface area (Å²) >= 11 is 0. The zero-order valence-corrected chi connectivity index (χ0v) is 13.7. The van der Waals surface area contributed by atoms with Gasteiger partial charge in [0.15, 0.2) is 16.4 Å². The van der Waals surface area contributed by atoms with Crippen molar-refractivity contribution in [2.75, 3.05) is 18.1 Å². The van der Waals surface area contributed by atoms with Gasteiger partial charge in [0.25, 0.3) is 11.6 Å². The maximum atomic E-state index is 11.8. The molecule has 0 aromatic heterocycles. The lowest BCUT2D eigenvalue weighted by Crippen LogP contribution is -2.48. The fraction of sp³-hybridized carbons (Fsp3) is 0.429. The molecule has 0 aliphatic carbocycles. The number of non-ortho nitro benzene ring substituents is 1. The Morgan fingerprint density at radius 2 is 2.12 bits per heavy atom. The van der Waals surface area contributed by atoms with Crippen molar-refractivity contribution in [2.24, 2.45) is 0 Å². The molecule has 1 saturated heterocycles. The molecule has 1 fully saturated rings. The van der Waals surface area contributed by atoms with Crippen LogP contribution in [0, 0.1) is 10.1 Å². The molecule has 130 valence electrons. The van der Waals surface area contributed by atoms with Crippen LogP contribution in [0.5, 0.6) is 0 Å². The minimum Gasteiger partial charge on any atom is -0.452 e. The largest absolute Gasteiger partial charge is 0.452 e. The minimum atomic E-state index is -3.17. The number of hydrogen-bond donors (Lipinski definition) is 1. The highest BCUT2D eigenvalue weighted by Crippen LogP contribution is 2.22. The third kappa shape index (κ3) is 4.51. The molecule has 0 radical (unpaired) electrons. The number of benzene rings is 1. The van der Waals surface area contributed by atoms with Crippen LogP contribution < -0.4 is 5.32 Å². The van der Waals surface area contributed by atoms with E-state index in [0.717, 1.165) is 6.07 Å². The Bertz CT molecular complexity index is 790. The SMILES string of the molecule is C[C@@]1(NC(=O)COC(=O)c2cccc([N+](=O)[O-])c2)CCS(=O)(=O)C1. The van der Waals surface area contributed by atoms with Crippen molar-refractivity contribution in [1.29, 1.82) is 0 Å². The highest BCUT2D eigenvalue weighted by atomic mass is 32.2. The lowest BCUT2D eigenvalue weighted by molar-refractivity contribution is -0.384. The Morgan fingerprint density at radius 1 is 1.42 bits per heavy atom. The number of rotatable bonds is 5. The Balaban J connectivity index is 1.91. The molecule has 1 heterocycles. The molecular formula is C14H16N2O7S. The first-order chi connectivity index (χ1) is 11.1. The number of carbonyl (C=O) groups excluding carboxylic acids is 2. The maximum absolute atomic E-state index is 11.8. The average Bonchev–Trinajstić information content (AvgIpc) is 2.78. The van der Waals surface area contributed by atoms with Crippen molar-refractivity contribution < 1.29 is 27.7 Å². The number of sulfone groups is 1. The second kappa shape index (κ2) is 6.56. The Labute approximate surface area is 138 Å². The number of hydrogen-bond acceptors (Lipinski definition) is 7. The van der Waals surface area contributed by atoms with E-state index in [4.69, 9.17) is 4.74 Å². The van der Waals surface area contributed by atoms with Crippen LogP contribution in [0.1, 0.15) is 23.7 Å². The number of amides is 1. The van der Waals surface area contributed by atoms with Gasteiger partial charge in [0.2, 0.25) is 0 Å². The molecule has 1 atom stereocenters. The summed E-state index contributed by atoms with van der Waals surface area (Å²) in [4.78, 5) is 33.7. The predicted molar refractivity (Wildman–Crippen MR) is 83.2 cm³/mol. The second-order valence-corrected chi connectivity index (χ2v) is 8.02. The molecule has 0 spiro atoms.